The van der Waals surface area contributed by atoms with Crippen LogP contribution in [-0.4, -0.2) is 15.1 Å². The van der Waals surface area contributed by atoms with Crippen LogP contribution in [-0.2, 0) is 0 Å². The summed E-state index contributed by atoms with van der Waals surface area (Å²) in [6, 6.07) is 17.5. The SMILES string of the molecule is O=c1oc2nc(-c3ccccc3)[nH]c(=O)c2c(O)c1-c1ccccc1. The summed E-state index contributed by atoms with van der Waals surface area (Å²) in [5, 5.41) is 10.4. The monoisotopic (exact) mass is 332 g/mol. The van der Waals surface area contributed by atoms with Crippen LogP contribution >= 0.6 is 0 Å². The highest BCUT2D eigenvalue weighted by atomic mass is 16.4. The number of rotatable bonds is 2. The van der Waals surface area contributed by atoms with Crippen LogP contribution in [0.5, 0.6) is 5.75 Å². The zero-order chi connectivity index (χ0) is 17.4. The number of aromatic nitrogens is 2. The Kier molecular flexibility index (Phi) is 3.43. The van der Waals surface area contributed by atoms with Gasteiger partial charge in [0.2, 0.25) is 5.71 Å². The summed E-state index contributed by atoms with van der Waals surface area (Å²) in [5.74, 6) is -0.182. The Balaban J connectivity index is 2.02. The molecule has 6 nitrogen and oxygen atoms in total. The van der Waals surface area contributed by atoms with Gasteiger partial charge < -0.3 is 14.5 Å². The highest BCUT2D eigenvalue weighted by Gasteiger charge is 2.20. The van der Waals surface area contributed by atoms with Crippen LogP contribution in [0.1, 0.15) is 0 Å². The van der Waals surface area contributed by atoms with E-state index in [2.05, 4.69) is 9.97 Å². The van der Waals surface area contributed by atoms with Crippen molar-refractivity contribution in [3.05, 3.63) is 81.4 Å². The molecule has 0 saturated heterocycles. The fourth-order valence-corrected chi connectivity index (χ4v) is 2.69. The van der Waals surface area contributed by atoms with E-state index in [1.54, 1.807) is 54.6 Å². The van der Waals surface area contributed by atoms with Gasteiger partial charge in [0, 0.05) is 5.56 Å². The Bertz CT molecular complexity index is 1180. The second kappa shape index (κ2) is 5.76. The molecule has 122 valence electrons. The molecule has 0 aliphatic heterocycles. The lowest BCUT2D eigenvalue weighted by atomic mass is 10.1. The fourth-order valence-electron chi connectivity index (χ4n) is 2.69. The van der Waals surface area contributed by atoms with Gasteiger partial charge in [-0.3, -0.25) is 4.79 Å². The number of nitrogens with one attached hydrogen (secondary N) is 1. The number of fused-ring (bicyclic) bond motifs is 1. The Morgan fingerprint density at radius 2 is 1.48 bits per heavy atom. The van der Waals surface area contributed by atoms with Gasteiger partial charge in [-0.25, -0.2) is 4.79 Å². The molecule has 4 rings (SSSR count). The summed E-state index contributed by atoms with van der Waals surface area (Å²) in [4.78, 5) is 31.6. The van der Waals surface area contributed by atoms with E-state index in [0.717, 1.165) is 0 Å². The van der Waals surface area contributed by atoms with Crippen molar-refractivity contribution in [1.82, 2.24) is 9.97 Å². The summed E-state index contributed by atoms with van der Waals surface area (Å²) in [7, 11) is 0. The largest absolute Gasteiger partial charge is 0.506 e. The lowest BCUT2D eigenvalue weighted by Gasteiger charge is -2.07. The van der Waals surface area contributed by atoms with Crippen molar-refractivity contribution in [1.29, 1.82) is 0 Å². The molecule has 6 heteroatoms. The molecule has 25 heavy (non-hydrogen) atoms. The third kappa shape index (κ3) is 2.49. The zero-order valence-electron chi connectivity index (χ0n) is 12.9. The summed E-state index contributed by atoms with van der Waals surface area (Å²) < 4.78 is 5.22. The molecular formula is C19H12N2O4. The summed E-state index contributed by atoms with van der Waals surface area (Å²) in [5.41, 5.74) is -0.480. The first kappa shape index (κ1) is 14.9. The minimum atomic E-state index is -0.756. The number of nitrogens with zero attached hydrogens (tertiary/aromatic N) is 1. The number of aromatic amines is 1. The second-order valence-corrected chi connectivity index (χ2v) is 5.44. The quantitative estimate of drug-likeness (QED) is 0.588. The maximum Gasteiger partial charge on any atom is 0.349 e. The topological polar surface area (TPSA) is 96.2 Å². The molecule has 2 aromatic heterocycles. The Morgan fingerprint density at radius 1 is 0.880 bits per heavy atom. The zero-order valence-corrected chi connectivity index (χ0v) is 12.9. The average Bonchev–Trinajstić information content (AvgIpc) is 2.62. The normalized spacial score (nSPS) is 10.9. The van der Waals surface area contributed by atoms with Gasteiger partial charge in [0.05, 0.1) is 0 Å². The minimum absolute atomic E-state index is 0.0622. The molecule has 0 bridgehead atoms. The molecule has 0 fully saturated rings. The molecular weight excluding hydrogens is 320 g/mol. The molecule has 0 amide bonds. The molecule has 2 N–H and O–H groups in total. The number of benzene rings is 2. The number of aromatic hydroxyl groups is 1. The fraction of sp³-hybridized carbons (Fsp3) is 0. The average molecular weight is 332 g/mol. The molecule has 0 unspecified atom stereocenters. The third-order valence-electron chi connectivity index (χ3n) is 3.86. The van der Waals surface area contributed by atoms with Crippen molar-refractivity contribution >= 4 is 11.1 Å². The molecule has 2 aromatic carbocycles. The maximum atomic E-state index is 12.5. The number of H-pyrrole nitrogens is 1. The van der Waals surface area contributed by atoms with E-state index < -0.39 is 16.9 Å². The first-order valence-corrected chi connectivity index (χ1v) is 7.56. The molecule has 0 spiro atoms. The molecule has 2 heterocycles. The van der Waals surface area contributed by atoms with Crippen molar-refractivity contribution in [2.45, 2.75) is 0 Å². The predicted octanol–water partition coefficient (Wildman–Crippen LogP) is 2.92. The first-order valence-electron chi connectivity index (χ1n) is 7.56. The van der Waals surface area contributed by atoms with Gasteiger partial charge in [-0.15, -0.1) is 0 Å². The van der Waals surface area contributed by atoms with Crippen LogP contribution in [0.3, 0.4) is 0 Å². The van der Waals surface area contributed by atoms with Gasteiger partial charge in [-0.2, -0.15) is 4.98 Å². The second-order valence-electron chi connectivity index (χ2n) is 5.44. The van der Waals surface area contributed by atoms with E-state index >= 15 is 0 Å². The Hall–Kier alpha value is -3.67. The van der Waals surface area contributed by atoms with Crippen molar-refractivity contribution in [2.24, 2.45) is 0 Å². The highest BCUT2D eigenvalue weighted by Crippen LogP contribution is 2.30. The molecule has 0 aliphatic rings. The third-order valence-corrected chi connectivity index (χ3v) is 3.86. The Morgan fingerprint density at radius 3 is 2.12 bits per heavy atom. The molecule has 0 aliphatic carbocycles. The molecule has 4 aromatic rings. The maximum absolute atomic E-state index is 12.5. The molecule has 0 atom stereocenters. The van der Waals surface area contributed by atoms with Crippen molar-refractivity contribution in [2.75, 3.05) is 0 Å². The summed E-state index contributed by atoms with van der Waals surface area (Å²) in [6.45, 7) is 0. The smallest absolute Gasteiger partial charge is 0.349 e. The van der Waals surface area contributed by atoms with E-state index in [1.165, 1.54) is 0 Å². The predicted molar refractivity (Wildman–Crippen MR) is 93.4 cm³/mol. The number of hydrogen-bond acceptors (Lipinski definition) is 5. The van der Waals surface area contributed by atoms with Gasteiger partial charge in [0.15, 0.2) is 0 Å². The van der Waals surface area contributed by atoms with E-state index in [9.17, 15) is 14.7 Å². The highest BCUT2D eigenvalue weighted by molar-refractivity contribution is 5.88. The first-order chi connectivity index (χ1) is 12.1. The van der Waals surface area contributed by atoms with Crippen molar-refractivity contribution < 1.29 is 9.52 Å². The lowest BCUT2D eigenvalue weighted by Crippen LogP contribution is -2.14. The van der Waals surface area contributed by atoms with Gasteiger partial charge in [-0.05, 0) is 5.56 Å². The molecule has 0 saturated carbocycles. The molecule has 0 radical (unpaired) electrons. The Labute approximate surface area is 141 Å². The van der Waals surface area contributed by atoms with Gasteiger partial charge >= 0.3 is 5.63 Å². The van der Waals surface area contributed by atoms with Gasteiger partial charge in [0.25, 0.3) is 5.56 Å². The van der Waals surface area contributed by atoms with Crippen LogP contribution < -0.4 is 11.2 Å². The minimum Gasteiger partial charge on any atom is -0.506 e. The van der Waals surface area contributed by atoms with Crippen LogP contribution in [0.15, 0.2) is 74.7 Å². The lowest BCUT2D eigenvalue weighted by molar-refractivity contribution is 0.468. The van der Waals surface area contributed by atoms with Crippen molar-refractivity contribution in [3.63, 3.8) is 0 Å². The van der Waals surface area contributed by atoms with Gasteiger partial charge in [-0.1, -0.05) is 60.7 Å². The summed E-state index contributed by atoms with van der Waals surface area (Å²) >= 11 is 0. The van der Waals surface area contributed by atoms with Crippen molar-refractivity contribution in [3.8, 4) is 28.3 Å². The van der Waals surface area contributed by atoms with Crippen LogP contribution in [0.4, 0.5) is 0 Å². The van der Waals surface area contributed by atoms with E-state index in [1.807, 2.05) is 6.07 Å². The summed E-state index contributed by atoms with van der Waals surface area (Å²) in [6.07, 6.45) is 0. The van der Waals surface area contributed by atoms with Crippen LogP contribution in [0.25, 0.3) is 33.6 Å². The van der Waals surface area contributed by atoms with Crippen LogP contribution in [0.2, 0.25) is 0 Å². The van der Waals surface area contributed by atoms with E-state index in [-0.39, 0.29) is 22.5 Å². The van der Waals surface area contributed by atoms with E-state index in [0.29, 0.717) is 11.1 Å². The number of hydrogen-bond donors (Lipinski definition) is 2. The van der Waals surface area contributed by atoms with E-state index in [4.69, 9.17) is 4.42 Å². The van der Waals surface area contributed by atoms with Gasteiger partial charge in [0.1, 0.15) is 22.5 Å². The standard InChI is InChI=1S/C19H12N2O4/c22-15-13(11-7-3-1-4-8-11)19(24)25-18-14(15)17(23)20-16(21-18)12-9-5-2-6-10-12/h1-10,22H,(H,20,21,23). The van der Waals surface area contributed by atoms with Crippen LogP contribution in [0, 0.1) is 0 Å².